The standard InChI is InChI=1S/C4H7F2O4P/c5-3(6)1-4(2-10-4)11(7,8)9/h3H,1-2H2,(H2,7,8,9)/t4-/m1/s1. The summed E-state index contributed by atoms with van der Waals surface area (Å²) >= 11 is 0. The van der Waals surface area contributed by atoms with Gasteiger partial charge in [0.1, 0.15) is 0 Å². The molecule has 1 fully saturated rings. The highest BCUT2D eigenvalue weighted by atomic mass is 31.2. The minimum atomic E-state index is -4.51. The molecule has 0 unspecified atom stereocenters. The first-order chi connectivity index (χ1) is 4.87. The molecule has 1 rings (SSSR count). The topological polar surface area (TPSA) is 70.1 Å². The van der Waals surface area contributed by atoms with E-state index in [0.717, 1.165) is 0 Å². The van der Waals surface area contributed by atoms with Gasteiger partial charge >= 0.3 is 7.60 Å². The first-order valence-corrected chi connectivity index (χ1v) is 4.46. The fourth-order valence-electron chi connectivity index (χ4n) is 0.729. The second-order valence-electron chi connectivity index (χ2n) is 2.37. The van der Waals surface area contributed by atoms with Crippen LogP contribution in [0.5, 0.6) is 0 Å². The molecule has 0 bridgehead atoms. The lowest BCUT2D eigenvalue weighted by atomic mass is 10.3. The highest BCUT2D eigenvalue weighted by molar-refractivity contribution is 7.53. The van der Waals surface area contributed by atoms with E-state index in [2.05, 4.69) is 4.74 Å². The van der Waals surface area contributed by atoms with Crippen LogP contribution in [0.1, 0.15) is 6.42 Å². The Hall–Kier alpha value is -0.0300. The first-order valence-electron chi connectivity index (χ1n) is 2.85. The molecule has 0 saturated carbocycles. The van der Waals surface area contributed by atoms with E-state index >= 15 is 0 Å². The molecule has 66 valence electrons. The highest BCUT2D eigenvalue weighted by Gasteiger charge is 2.60. The van der Waals surface area contributed by atoms with Gasteiger partial charge in [-0.05, 0) is 0 Å². The molecule has 1 heterocycles. The molecule has 0 spiro atoms. The third kappa shape index (κ3) is 1.76. The zero-order chi connectivity index (χ0) is 8.70. The SMILES string of the molecule is O=P(O)(O)[C@]1(CC(F)F)CO1. The summed E-state index contributed by atoms with van der Waals surface area (Å²) in [5.74, 6) is 0. The number of rotatable bonds is 3. The maximum absolute atomic E-state index is 11.7. The van der Waals surface area contributed by atoms with Crippen LogP contribution in [0, 0.1) is 0 Å². The smallest absolute Gasteiger partial charge is 0.356 e. The quantitative estimate of drug-likeness (QED) is 0.501. The average molecular weight is 188 g/mol. The third-order valence-corrected chi connectivity index (χ3v) is 2.98. The zero-order valence-corrected chi connectivity index (χ0v) is 6.30. The van der Waals surface area contributed by atoms with Crippen molar-refractivity contribution in [3.05, 3.63) is 0 Å². The van der Waals surface area contributed by atoms with E-state index in [-0.39, 0.29) is 6.61 Å². The minimum absolute atomic E-state index is 0.276. The van der Waals surface area contributed by atoms with Gasteiger partial charge in [-0.25, -0.2) is 8.78 Å². The van der Waals surface area contributed by atoms with Gasteiger partial charge in [0.2, 0.25) is 6.43 Å². The molecule has 0 amide bonds. The minimum Gasteiger partial charge on any atom is -0.356 e. The number of halogens is 2. The van der Waals surface area contributed by atoms with E-state index in [1.54, 1.807) is 0 Å². The summed E-state index contributed by atoms with van der Waals surface area (Å²) in [5.41, 5.74) is 0. The van der Waals surface area contributed by atoms with Crippen molar-refractivity contribution >= 4 is 7.60 Å². The van der Waals surface area contributed by atoms with Crippen LogP contribution in [0.3, 0.4) is 0 Å². The fourth-order valence-corrected chi connectivity index (χ4v) is 1.51. The molecule has 4 nitrogen and oxygen atoms in total. The van der Waals surface area contributed by atoms with Gasteiger partial charge in [-0.3, -0.25) is 4.57 Å². The Morgan fingerprint density at radius 2 is 2.09 bits per heavy atom. The van der Waals surface area contributed by atoms with Crippen LogP contribution in [-0.4, -0.2) is 28.2 Å². The fraction of sp³-hybridized carbons (Fsp3) is 1.00. The molecule has 1 atom stereocenters. The molecule has 7 heteroatoms. The van der Waals surface area contributed by atoms with Crippen LogP contribution >= 0.6 is 7.60 Å². The van der Waals surface area contributed by atoms with Crippen molar-refractivity contribution in [3.63, 3.8) is 0 Å². The van der Waals surface area contributed by atoms with E-state index in [4.69, 9.17) is 9.79 Å². The lowest BCUT2D eigenvalue weighted by Crippen LogP contribution is -2.15. The van der Waals surface area contributed by atoms with E-state index in [1.165, 1.54) is 0 Å². The van der Waals surface area contributed by atoms with Crippen LogP contribution in [-0.2, 0) is 9.30 Å². The van der Waals surface area contributed by atoms with Crippen molar-refractivity contribution in [1.82, 2.24) is 0 Å². The molecular weight excluding hydrogens is 181 g/mol. The molecule has 1 saturated heterocycles. The van der Waals surface area contributed by atoms with Gasteiger partial charge in [0, 0.05) is 0 Å². The van der Waals surface area contributed by atoms with Crippen LogP contribution in [0.2, 0.25) is 0 Å². The number of hydrogen-bond donors (Lipinski definition) is 2. The molecular formula is C4H7F2O4P. The summed E-state index contributed by atoms with van der Waals surface area (Å²) in [7, 11) is -4.51. The molecule has 1 aliphatic heterocycles. The summed E-state index contributed by atoms with van der Waals surface area (Å²) in [4.78, 5) is 17.0. The second kappa shape index (κ2) is 2.48. The van der Waals surface area contributed by atoms with Crippen LogP contribution in [0.4, 0.5) is 8.78 Å². The lowest BCUT2D eigenvalue weighted by Gasteiger charge is -2.11. The van der Waals surface area contributed by atoms with Crippen molar-refractivity contribution in [2.45, 2.75) is 18.2 Å². The molecule has 0 radical (unpaired) electrons. The van der Waals surface area contributed by atoms with Crippen molar-refractivity contribution in [1.29, 1.82) is 0 Å². The van der Waals surface area contributed by atoms with E-state index in [9.17, 15) is 13.3 Å². The maximum Gasteiger partial charge on any atom is 0.359 e. The van der Waals surface area contributed by atoms with Gasteiger partial charge in [0.05, 0.1) is 13.0 Å². The molecule has 1 aliphatic rings. The van der Waals surface area contributed by atoms with Gasteiger partial charge in [-0.1, -0.05) is 0 Å². The maximum atomic E-state index is 11.7. The molecule has 0 aromatic carbocycles. The van der Waals surface area contributed by atoms with Crippen LogP contribution < -0.4 is 0 Å². The lowest BCUT2D eigenvalue weighted by molar-refractivity contribution is 0.110. The van der Waals surface area contributed by atoms with Crippen molar-refractivity contribution in [3.8, 4) is 0 Å². The molecule has 2 N–H and O–H groups in total. The number of hydrogen-bond acceptors (Lipinski definition) is 2. The Balaban J connectivity index is 2.62. The summed E-state index contributed by atoms with van der Waals surface area (Å²) in [5, 5.41) is -1.87. The number of epoxide rings is 1. The molecule has 0 aromatic rings. The normalized spacial score (nSPS) is 31.0. The summed E-state index contributed by atoms with van der Waals surface area (Å²) in [6.45, 7) is -0.276. The largest absolute Gasteiger partial charge is 0.359 e. The first kappa shape index (κ1) is 9.06. The average Bonchev–Trinajstić information content (AvgIpc) is 2.42. The molecule has 0 aromatic heterocycles. The van der Waals surface area contributed by atoms with Gasteiger partial charge < -0.3 is 14.5 Å². The third-order valence-electron chi connectivity index (χ3n) is 1.48. The Labute approximate surface area is 61.3 Å². The van der Waals surface area contributed by atoms with Gasteiger partial charge in [0.25, 0.3) is 0 Å². The molecule has 0 aliphatic carbocycles. The Morgan fingerprint density at radius 1 is 1.64 bits per heavy atom. The highest BCUT2D eigenvalue weighted by Crippen LogP contribution is 2.61. The Kier molecular flexibility index (Phi) is 2.05. The van der Waals surface area contributed by atoms with E-state index in [0.29, 0.717) is 0 Å². The number of ether oxygens (including phenoxy) is 1. The van der Waals surface area contributed by atoms with Gasteiger partial charge in [-0.2, -0.15) is 0 Å². The van der Waals surface area contributed by atoms with Crippen molar-refractivity contribution < 1.29 is 27.9 Å². The monoisotopic (exact) mass is 188 g/mol. The summed E-state index contributed by atoms with van der Waals surface area (Å²) in [6, 6.07) is 0. The second-order valence-corrected chi connectivity index (χ2v) is 4.28. The van der Waals surface area contributed by atoms with E-state index < -0.39 is 25.8 Å². The van der Waals surface area contributed by atoms with Crippen molar-refractivity contribution in [2.24, 2.45) is 0 Å². The predicted molar refractivity (Wildman–Crippen MR) is 31.3 cm³/mol. The van der Waals surface area contributed by atoms with E-state index in [1.807, 2.05) is 0 Å². The van der Waals surface area contributed by atoms with Crippen molar-refractivity contribution in [2.75, 3.05) is 6.61 Å². The number of alkyl halides is 2. The van der Waals surface area contributed by atoms with Crippen LogP contribution in [0.15, 0.2) is 0 Å². The van der Waals surface area contributed by atoms with Gasteiger partial charge in [0.15, 0.2) is 5.34 Å². The summed E-state index contributed by atoms with van der Waals surface area (Å²) in [6.07, 6.45) is -3.64. The molecule has 11 heavy (non-hydrogen) atoms. The predicted octanol–water partition coefficient (Wildman–Crippen LogP) is 0.546. The zero-order valence-electron chi connectivity index (χ0n) is 5.41. The Morgan fingerprint density at radius 3 is 2.18 bits per heavy atom. The Bertz CT molecular complexity index is 196. The van der Waals surface area contributed by atoms with Gasteiger partial charge in [-0.15, -0.1) is 0 Å². The summed E-state index contributed by atoms with van der Waals surface area (Å²) < 4.78 is 38.2. The van der Waals surface area contributed by atoms with Crippen LogP contribution in [0.25, 0.3) is 0 Å².